The summed E-state index contributed by atoms with van der Waals surface area (Å²) in [7, 11) is 0. The summed E-state index contributed by atoms with van der Waals surface area (Å²) in [5.74, 6) is -0.0435. The van der Waals surface area contributed by atoms with Crippen LogP contribution >= 0.6 is 0 Å². The molecule has 2 N–H and O–H groups in total. The van der Waals surface area contributed by atoms with Crippen molar-refractivity contribution in [3.63, 3.8) is 0 Å². The maximum atomic E-state index is 13.2. The molecule has 5 heteroatoms. The second-order valence-electron chi connectivity index (χ2n) is 5.55. The van der Waals surface area contributed by atoms with Crippen molar-refractivity contribution in [2.75, 3.05) is 19.8 Å². The number of nitrogens with zero attached hydrogens (tertiary/aromatic N) is 1. The van der Waals surface area contributed by atoms with E-state index in [4.69, 9.17) is 15.2 Å². The molecule has 19 heavy (non-hydrogen) atoms. The third kappa shape index (κ3) is 2.63. The van der Waals surface area contributed by atoms with Crippen LogP contribution in [0.2, 0.25) is 0 Å². The number of ether oxygens (including phenoxy) is 2. The lowest BCUT2D eigenvalue weighted by atomic mass is 9.79. The normalized spacial score (nSPS) is 32.6. The molecule has 0 aromatic carbocycles. The van der Waals surface area contributed by atoms with Crippen molar-refractivity contribution in [1.29, 1.82) is 0 Å². The van der Waals surface area contributed by atoms with E-state index in [1.165, 1.54) is 12.3 Å². The summed E-state index contributed by atoms with van der Waals surface area (Å²) in [4.78, 5) is 3.88. The third-order valence-electron chi connectivity index (χ3n) is 4.22. The zero-order valence-electron chi connectivity index (χ0n) is 10.8. The number of nitrogens with two attached hydrogens (primary N) is 1. The van der Waals surface area contributed by atoms with Crippen LogP contribution in [0.1, 0.15) is 30.9 Å². The Labute approximate surface area is 112 Å². The van der Waals surface area contributed by atoms with E-state index < -0.39 is 0 Å². The fraction of sp³-hybridized carbons (Fsp3) is 0.643. The molecule has 1 spiro atoms. The number of pyridine rings is 1. The highest BCUT2D eigenvalue weighted by Crippen LogP contribution is 2.40. The molecule has 0 aliphatic carbocycles. The van der Waals surface area contributed by atoms with Crippen molar-refractivity contribution in [2.24, 2.45) is 11.7 Å². The van der Waals surface area contributed by atoms with E-state index >= 15 is 0 Å². The predicted octanol–water partition coefficient (Wildman–Crippen LogP) is 1.81. The molecule has 1 aromatic rings. The van der Waals surface area contributed by atoms with Crippen LogP contribution in [0.5, 0.6) is 0 Å². The highest BCUT2D eigenvalue weighted by molar-refractivity contribution is 5.16. The molecule has 0 radical (unpaired) electrons. The van der Waals surface area contributed by atoms with E-state index in [2.05, 4.69) is 4.98 Å². The summed E-state index contributed by atoms with van der Waals surface area (Å²) in [6.07, 6.45) is 5.56. The summed E-state index contributed by atoms with van der Waals surface area (Å²) in [5, 5.41) is 0. The van der Waals surface area contributed by atoms with Crippen LogP contribution in [0.4, 0.5) is 4.39 Å². The van der Waals surface area contributed by atoms with Gasteiger partial charge in [-0.2, -0.15) is 0 Å². The third-order valence-corrected chi connectivity index (χ3v) is 4.22. The smallest absolute Gasteiger partial charge is 0.141 e. The Morgan fingerprint density at radius 3 is 3.05 bits per heavy atom. The van der Waals surface area contributed by atoms with Gasteiger partial charge in [-0.25, -0.2) is 4.39 Å². The minimum absolute atomic E-state index is 0.165. The second kappa shape index (κ2) is 5.15. The van der Waals surface area contributed by atoms with Crippen molar-refractivity contribution >= 4 is 0 Å². The Bertz CT molecular complexity index is 449. The molecule has 0 amide bonds. The van der Waals surface area contributed by atoms with Gasteiger partial charge < -0.3 is 15.2 Å². The maximum Gasteiger partial charge on any atom is 0.141 e. The molecule has 2 aliphatic rings. The maximum absolute atomic E-state index is 13.2. The number of hydrogen-bond acceptors (Lipinski definition) is 4. The largest absolute Gasteiger partial charge is 0.378 e. The van der Waals surface area contributed by atoms with Crippen LogP contribution < -0.4 is 5.73 Å². The van der Waals surface area contributed by atoms with E-state index in [0.717, 1.165) is 31.4 Å². The summed E-state index contributed by atoms with van der Waals surface area (Å²) < 4.78 is 24.6. The van der Waals surface area contributed by atoms with Gasteiger partial charge in [0.1, 0.15) is 5.82 Å². The SMILES string of the molecule is NC(c1cncc(F)c1)C1CCOC2(CCOC2)C1. The van der Waals surface area contributed by atoms with E-state index in [0.29, 0.717) is 19.1 Å². The molecule has 0 saturated carbocycles. The molecule has 2 fully saturated rings. The average molecular weight is 266 g/mol. The molecular weight excluding hydrogens is 247 g/mol. The number of aromatic nitrogens is 1. The van der Waals surface area contributed by atoms with Crippen molar-refractivity contribution in [1.82, 2.24) is 4.98 Å². The molecule has 3 unspecified atom stereocenters. The van der Waals surface area contributed by atoms with Crippen molar-refractivity contribution < 1.29 is 13.9 Å². The second-order valence-corrected chi connectivity index (χ2v) is 5.55. The first kappa shape index (κ1) is 13.0. The Kier molecular flexibility index (Phi) is 3.52. The first-order valence-corrected chi connectivity index (χ1v) is 6.76. The van der Waals surface area contributed by atoms with Crippen molar-refractivity contribution in [3.05, 3.63) is 29.8 Å². The van der Waals surface area contributed by atoms with Gasteiger partial charge in [-0.3, -0.25) is 4.98 Å². The molecule has 3 heterocycles. The van der Waals surface area contributed by atoms with E-state index in [9.17, 15) is 4.39 Å². The van der Waals surface area contributed by atoms with Crippen molar-refractivity contribution in [3.8, 4) is 0 Å². The molecule has 1 aromatic heterocycles. The van der Waals surface area contributed by atoms with Gasteiger partial charge in [-0.1, -0.05) is 0 Å². The summed E-state index contributed by atoms with van der Waals surface area (Å²) >= 11 is 0. The first-order valence-electron chi connectivity index (χ1n) is 6.76. The Morgan fingerprint density at radius 2 is 2.32 bits per heavy atom. The minimum Gasteiger partial charge on any atom is -0.378 e. The average Bonchev–Trinajstić information content (AvgIpc) is 2.86. The Morgan fingerprint density at radius 1 is 1.42 bits per heavy atom. The number of halogens is 1. The van der Waals surface area contributed by atoms with Gasteiger partial charge in [0.15, 0.2) is 0 Å². The minimum atomic E-state index is -0.334. The monoisotopic (exact) mass is 266 g/mol. The molecule has 3 rings (SSSR count). The van der Waals surface area contributed by atoms with Gasteiger partial charge in [0, 0.05) is 31.9 Å². The van der Waals surface area contributed by atoms with E-state index in [-0.39, 0.29) is 17.5 Å². The summed E-state index contributed by atoms with van der Waals surface area (Å²) in [6.45, 7) is 2.10. The van der Waals surface area contributed by atoms with Crippen LogP contribution in [0.15, 0.2) is 18.5 Å². The predicted molar refractivity (Wildman–Crippen MR) is 68.0 cm³/mol. The highest BCUT2D eigenvalue weighted by Gasteiger charge is 2.42. The van der Waals surface area contributed by atoms with Gasteiger partial charge in [-0.15, -0.1) is 0 Å². The molecule has 3 atom stereocenters. The van der Waals surface area contributed by atoms with Crippen LogP contribution in [-0.4, -0.2) is 30.4 Å². The standard InChI is InChI=1S/C14H19FN2O2/c15-12-5-11(7-17-8-12)13(16)10-1-3-19-14(6-10)2-4-18-9-14/h5,7-8,10,13H,1-4,6,9,16H2. The van der Waals surface area contributed by atoms with Crippen LogP contribution in [0.3, 0.4) is 0 Å². The van der Waals surface area contributed by atoms with Crippen LogP contribution in [-0.2, 0) is 9.47 Å². The lowest BCUT2D eigenvalue weighted by Crippen LogP contribution is -2.43. The van der Waals surface area contributed by atoms with Gasteiger partial charge >= 0.3 is 0 Å². The fourth-order valence-corrected chi connectivity index (χ4v) is 3.12. The highest BCUT2D eigenvalue weighted by atomic mass is 19.1. The van der Waals surface area contributed by atoms with Gasteiger partial charge in [-0.05, 0) is 30.4 Å². The Hall–Kier alpha value is -1.04. The first-order chi connectivity index (χ1) is 9.19. The summed E-state index contributed by atoms with van der Waals surface area (Å²) in [6, 6.07) is 1.29. The van der Waals surface area contributed by atoms with Gasteiger partial charge in [0.2, 0.25) is 0 Å². The molecule has 4 nitrogen and oxygen atoms in total. The molecule has 2 aliphatic heterocycles. The topological polar surface area (TPSA) is 57.4 Å². The fourth-order valence-electron chi connectivity index (χ4n) is 3.12. The number of rotatable bonds is 2. The van der Waals surface area contributed by atoms with E-state index in [1.807, 2.05) is 0 Å². The zero-order valence-corrected chi connectivity index (χ0v) is 10.8. The lowest BCUT2D eigenvalue weighted by Gasteiger charge is -2.39. The molecule has 104 valence electrons. The van der Waals surface area contributed by atoms with Gasteiger partial charge in [0.25, 0.3) is 0 Å². The molecular formula is C14H19FN2O2. The van der Waals surface area contributed by atoms with Crippen LogP contribution in [0, 0.1) is 11.7 Å². The quantitative estimate of drug-likeness (QED) is 0.887. The lowest BCUT2D eigenvalue weighted by molar-refractivity contribution is -0.101. The van der Waals surface area contributed by atoms with Crippen molar-refractivity contribution in [2.45, 2.75) is 30.9 Å². The molecule has 0 bridgehead atoms. The van der Waals surface area contributed by atoms with E-state index in [1.54, 1.807) is 6.20 Å². The van der Waals surface area contributed by atoms with Crippen LogP contribution in [0.25, 0.3) is 0 Å². The number of hydrogen-bond donors (Lipinski definition) is 1. The van der Waals surface area contributed by atoms with Gasteiger partial charge in [0.05, 0.1) is 18.4 Å². The Balaban J connectivity index is 1.74. The zero-order chi connectivity index (χ0) is 13.3. The molecule has 2 saturated heterocycles. The summed E-state index contributed by atoms with van der Waals surface area (Å²) in [5.41, 5.74) is 6.89.